The largest absolute Gasteiger partial charge is 0.492 e. The third-order valence-corrected chi connectivity index (χ3v) is 4.84. The fraction of sp³-hybridized carbons (Fsp3) is 0.350. The molecule has 4 rings (SSSR count). The molecule has 1 aliphatic carbocycles. The Labute approximate surface area is 177 Å². The molecule has 2 aromatic heterocycles. The van der Waals surface area contributed by atoms with Crippen LogP contribution in [-0.2, 0) is 11.3 Å². The molecule has 1 saturated carbocycles. The lowest BCUT2D eigenvalue weighted by Gasteiger charge is -2.15. The average molecular weight is 412 g/mol. The monoisotopic (exact) mass is 412 g/mol. The SMILES string of the molecule is [2H]C([2H])([2H])NC(=O)c1cnc(NC(=O)C2CC2)nc1Nc1ccc2cnn(CC)c2c1OC. The van der Waals surface area contributed by atoms with Gasteiger partial charge in [-0.25, -0.2) is 4.98 Å². The number of benzene rings is 1. The first-order valence-electron chi connectivity index (χ1n) is 11.0. The fourth-order valence-corrected chi connectivity index (χ4v) is 3.15. The molecule has 2 amide bonds. The maximum Gasteiger partial charge on any atom is 0.256 e. The molecule has 0 saturated heterocycles. The summed E-state index contributed by atoms with van der Waals surface area (Å²) in [7, 11) is 1.51. The van der Waals surface area contributed by atoms with Crippen LogP contribution in [0.25, 0.3) is 10.9 Å². The third kappa shape index (κ3) is 3.63. The second-order valence-electron chi connectivity index (χ2n) is 6.84. The summed E-state index contributed by atoms with van der Waals surface area (Å²) < 4.78 is 29.4. The van der Waals surface area contributed by atoms with Crippen LogP contribution in [0.15, 0.2) is 24.5 Å². The van der Waals surface area contributed by atoms with Crippen molar-refractivity contribution in [3.05, 3.63) is 30.1 Å². The van der Waals surface area contributed by atoms with Crippen LogP contribution in [0, 0.1) is 5.92 Å². The minimum atomic E-state index is -2.70. The second kappa shape index (κ2) is 7.97. The molecule has 30 heavy (non-hydrogen) atoms. The molecule has 10 nitrogen and oxygen atoms in total. The Bertz CT molecular complexity index is 1220. The van der Waals surface area contributed by atoms with Crippen LogP contribution in [-0.4, -0.2) is 45.6 Å². The van der Waals surface area contributed by atoms with Gasteiger partial charge in [0.05, 0.1) is 19.0 Å². The van der Waals surface area contributed by atoms with Crippen molar-refractivity contribution in [3.63, 3.8) is 0 Å². The second-order valence-corrected chi connectivity index (χ2v) is 6.84. The molecular weight excluding hydrogens is 386 g/mol. The maximum atomic E-state index is 12.6. The van der Waals surface area contributed by atoms with Crippen molar-refractivity contribution in [1.29, 1.82) is 0 Å². The number of aryl methyl sites for hydroxylation is 1. The van der Waals surface area contributed by atoms with Gasteiger partial charge in [-0.15, -0.1) is 0 Å². The topological polar surface area (TPSA) is 123 Å². The molecule has 0 atom stereocenters. The summed E-state index contributed by atoms with van der Waals surface area (Å²) in [6, 6.07) is 3.57. The zero-order valence-corrected chi connectivity index (χ0v) is 16.5. The normalized spacial score (nSPS) is 15.1. The highest BCUT2D eigenvalue weighted by molar-refractivity contribution is 6.00. The molecular formula is C20H23N7O3. The van der Waals surface area contributed by atoms with Crippen molar-refractivity contribution in [2.75, 3.05) is 24.7 Å². The highest BCUT2D eigenvalue weighted by Gasteiger charge is 2.30. The van der Waals surface area contributed by atoms with Gasteiger partial charge in [0, 0.05) is 35.1 Å². The van der Waals surface area contributed by atoms with Gasteiger partial charge in [-0.2, -0.15) is 10.1 Å². The van der Waals surface area contributed by atoms with Crippen LogP contribution in [0.1, 0.15) is 34.2 Å². The summed E-state index contributed by atoms with van der Waals surface area (Å²) in [6.45, 7) is -0.139. The number of carbonyl (C=O) groups is 2. The van der Waals surface area contributed by atoms with E-state index in [2.05, 4.69) is 25.7 Å². The number of carbonyl (C=O) groups excluding carboxylic acids is 2. The Balaban J connectivity index is 1.75. The van der Waals surface area contributed by atoms with Crippen LogP contribution < -0.4 is 20.7 Å². The van der Waals surface area contributed by atoms with E-state index in [9.17, 15) is 9.59 Å². The molecule has 10 heteroatoms. The summed E-state index contributed by atoms with van der Waals surface area (Å²) in [5.74, 6) is -0.684. The van der Waals surface area contributed by atoms with Crippen LogP contribution in [0.4, 0.5) is 17.5 Å². The van der Waals surface area contributed by atoms with Gasteiger partial charge in [0.2, 0.25) is 11.9 Å². The molecule has 0 aliphatic heterocycles. The predicted octanol–water partition coefficient (Wildman–Crippen LogP) is 2.31. The van der Waals surface area contributed by atoms with Gasteiger partial charge in [-0.1, -0.05) is 0 Å². The lowest BCUT2D eigenvalue weighted by atomic mass is 10.2. The smallest absolute Gasteiger partial charge is 0.256 e. The highest BCUT2D eigenvalue weighted by atomic mass is 16.5. The maximum absolute atomic E-state index is 12.6. The summed E-state index contributed by atoms with van der Waals surface area (Å²) in [6.07, 6.45) is 4.49. The van der Waals surface area contributed by atoms with Crippen LogP contribution in [0.3, 0.4) is 0 Å². The Morgan fingerprint density at radius 1 is 1.33 bits per heavy atom. The summed E-state index contributed by atoms with van der Waals surface area (Å²) in [5, 5.41) is 12.8. The zero-order valence-electron chi connectivity index (χ0n) is 19.5. The van der Waals surface area contributed by atoms with Gasteiger partial charge < -0.3 is 15.4 Å². The van der Waals surface area contributed by atoms with Gasteiger partial charge in [-0.3, -0.25) is 19.6 Å². The molecule has 1 fully saturated rings. The van der Waals surface area contributed by atoms with E-state index in [1.165, 1.54) is 13.3 Å². The number of amides is 2. The Morgan fingerprint density at radius 2 is 2.17 bits per heavy atom. The average Bonchev–Trinajstić information content (AvgIpc) is 3.52. The van der Waals surface area contributed by atoms with Crippen molar-refractivity contribution >= 4 is 40.2 Å². The zero-order chi connectivity index (χ0) is 23.8. The summed E-state index contributed by atoms with van der Waals surface area (Å²) in [4.78, 5) is 33.1. The highest BCUT2D eigenvalue weighted by Crippen LogP contribution is 2.36. The molecule has 1 aliphatic rings. The molecule has 0 bridgehead atoms. The number of aromatic nitrogens is 4. The molecule has 156 valence electrons. The van der Waals surface area contributed by atoms with Crippen molar-refractivity contribution in [2.45, 2.75) is 26.3 Å². The van der Waals surface area contributed by atoms with Crippen molar-refractivity contribution in [2.24, 2.45) is 5.92 Å². The van der Waals surface area contributed by atoms with Crippen LogP contribution >= 0.6 is 0 Å². The first-order valence-corrected chi connectivity index (χ1v) is 9.50. The van der Waals surface area contributed by atoms with Crippen molar-refractivity contribution < 1.29 is 18.4 Å². The number of hydrogen-bond acceptors (Lipinski definition) is 7. The predicted molar refractivity (Wildman–Crippen MR) is 112 cm³/mol. The summed E-state index contributed by atoms with van der Waals surface area (Å²) >= 11 is 0. The van der Waals surface area contributed by atoms with E-state index in [-0.39, 0.29) is 29.2 Å². The van der Waals surface area contributed by atoms with E-state index in [0.717, 1.165) is 23.7 Å². The van der Waals surface area contributed by atoms with Gasteiger partial charge in [0.25, 0.3) is 5.91 Å². The van der Waals surface area contributed by atoms with Crippen molar-refractivity contribution in [1.82, 2.24) is 25.1 Å². The number of nitrogens with zero attached hydrogens (tertiary/aromatic N) is 4. The molecule has 2 heterocycles. The fourth-order valence-electron chi connectivity index (χ4n) is 3.15. The molecule has 1 aromatic carbocycles. The minimum Gasteiger partial charge on any atom is -0.492 e. The number of methoxy groups -OCH3 is 1. The van der Waals surface area contributed by atoms with E-state index in [1.807, 2.05) is 18.3 Å². The number of rotatable bonds is 7. The van der Waals surface area contributed by atoms with E-state index >= 15 is 0 Å². The van der Waals surface area contributed by atoms with Gasteiger partial charge in [0.1, 0.15) is 16.9 Å². The lowest BCUT2D eigenvalue weighted by Crippen LogP contribution is -2.22. The van der Waals surface area contributed by atoms with Crippen LogP contribution in [0.5, 0.6) is 5.75 Å². The third-order valence-electron chi connectivity index (χ3n) is 4.84. The number of anilines is 3. The summed E-state index contributed by atoms with van der Waals surface area (Å²) in [5.41, 5.74) is 1.11. The first kappa shape index (κ1) is 16.1. The number of fused-ring (bicyclic) bond motifs is 1. The molecule has 0 unspecified atom stereocenters. The number of hydrogen-bond donors (Lipinski definition) is 3. The quantitative estimate of drug-likeness (QED) is 0.544. The lowest BCUT2D eigenvalue weighted by molar-refractivity contribution is -0.117. The molecule has 3 N–H and O–H groups in total. The molecule has 0 spiro atoms. The Kier molecular flexibility index (Phi) is 4.29. The van der Waals surface area contributed by atoms with E-state index in [1.54, 1.807) is 16.9 Å². The van der Waals surface area contributed by atoms with Crippen LogP contribution in [0.2, 0.25) is 0 Å². The van der Waals surface area contributed by atoms with Crippen molar-refractivity contribution in [3.8, 4) is 5.75 Å². The Morgan fingerprint density at radius 3 is 2.87 bits per heavy atom. The van der Waals surface area contributed by atoms with E-state index < -0.39 is 12.9 Å². The van der Waals surface area contributed by atoms with E-state index in [0.29, 0.717) is 18.0 Å². The van der Waals surface area contributed by atoms with E-state index in [4.69, 9.17) is 8.85 Å². The molecule has 0 radical (unpaired) electrons. The number of nitrogens with one attached hydrogen (secondary N) is 3. The van der Waals surface area contributed by atoms with Gasteiger partial charge in [0.15, 0.2) is 5.75 Å². The van der Waals surface area contributed by atoms with Gasteiger partial charge >= 0.3 is 0 Å². The Hall–Kier alpha value is -3.69. The molecule has 3 aromatic rings. The first-order chi connectivity index (χ1) is 15.7. The standard InChI is InChI=1S/C20H23N7O3/c1-4-27-15-12(9-23-27)7-8-14(16(15)30-3)24-17-13(19(29)21-2)10-22-20(25-17)26-18(28)11-5-6-11/h7-11H,4-6H2,1-3H3,(H,21,29)(H2,22,24,25,26,28)/i2D3. The number of ether oxygens (including phenoxy) is 1. The van der Waals surface area contributed by atoms with Gasteiger partial charge in [-0.05, 0) is 31.9 Å². The minimum absolute atomic E-state index is 0.00141.